The standard InChI is InChI=1S/C26H23FN2O4S/c1-3-32-20-11-9-19(10-12-20)29-25(30)22(28-26(29)34)14-17-8-13-23(24(15-17)31-2)33-16-18-6-4-5-7-21(18)27/h4-15H,3,16H2,1-2H3,(H,28,34)/b22-14-. The molecular formula is C26H23FN2O4S. The van der Waals surface area contributed by atoms with Gasteiger partial charge in [-0.05, 0) is 73.2 Å². The van der Waals surface area contributed by atoms with E-state index >= 15 is 0 Å². The molecule has 1 aliphatic rings. The average molecular weight is 479 g/mol. The van der Waals surface area contributed by atoms with Crippen LogP contribution in [0.5, 0.6) is 17.2 Å². The van der Waals surface area contributed by atoms with Gasteiger partial charge in [-0.15, -0.1) is 0 Å². The van der Waals surface area contributed by atoms with Gasteiger partial charge < -0.3 is 19.5 Å². The molecule has 0 radical (unpaired) electrons. The van der Waals surface area contributed by atoms with Crippen molar-refractivity contribution in [1.82, 2.24) is 5.32 Å². The molecule has 3 aromatic carbocycles. The summed E-state index contributed by atoms with van der Waals surface area (Å²) in [5, 5.41) is 3.26. The highest BCUT2D eigenvalue weighted by atomic mass is 32.1. The van der Waals surface area contributed by atoms with Gasteiger partial charge in [0, 0.05) is 5.56 Å². The highest BCUT2D eigenvalue weighted by Crippen LogP contribution is 2.31. The highest BCUT2D eigenvalue weighted by Gasteiger charge is 2.32. The number of benzene rings is 3. The Morgan fingerprint density at radius 1 is 1.03 bits per heavy atom. The molecule has 1 saturated heterocycles. The molecule has 4 rings (SSSR count). The summed E-state index contributed by atoms with van der Waals surface area (Å²) in [6.45, 7) is 2.53. The Kier molecular flexibility index (Phi) is 7.08. The molecule has 0 aliphatic carbocycles. The molecule has 0 saturated carbocycles. The molecule has 1 heterocycles. The highest BCUT2D eigenvalue weighted by molar-refractivity contribution is 7.80. The van der Waals surface area contributed by atoms with Gasteiger partial charge in [0.15, 0.2) is 16.6 Å². The molecule has 0 spiro atoms. The average Bonchev–Trinajstić information content (AvgIpc) is 3.12. The number of anilines is 1. The van der Waals surface area contributed by atoms with E-state index in [1.54, 1.807) is 66.7 Å². The minimum atomic E-state index is -0.332. The first-order chi connectivity index (χ1) is 16.5. The number of hydrogen-bond donors (Lipinski definition) is 1. The first-order valence-electron chi connectivity index (χ1n) is 10.6. The summed E-state index contributed by atoms with van der Waals surface area (Å²) >= 11 is 5.38. The fourth-order valence-electron chi connectivity index (χ4n) is 3.46. The lowest BCUT2D eigenvalue weighted by Gasteiger charge is -2.14. The second-order valence-electron chi connectivity index (χ2n) is 7.35. The van der Waals surface area contributed by atoms with Gasteiger partial charge in [-0.25, -0.2) is 4.39 Å². The smallest absolute Gasteiger partial charge is 0.281 e. The first-order valence-corrected chi connectivity index (χ1v) is 11.0. The lowest BCUT2D eigenvalue weighted by molar-refractivity contribution is -0.113. The lowest BCUT2D eigenvalue weighted by atomic mass is 10.1. The van der Waals surface area contributed by atoms with Crippen LogP contribution in [0, 0.1) is 5.82 Å². The molecule has 174 valence electrons. The van der Waals surface area contributed by atoms with E-state index in [1.165, 1.54) is 18.1 Å². The summed E-state index contributed by atoms with van der Waals surface area (Å²) in [5.41, 5.74) is 2.13. The summed E-state index contributed by atoms with van der Waals surface area (Å²) in [4.78, 5) is 14.5. The van der Waals surface area contributed by atoms with Crippen molar-refractivity contribution in [2.24, 2.45) is 0 Å². The summed E-state index contributed by atoms with van der Waals surface area (Å²) in [7, 11) is 1.52. The Morgan fingerprint density at radius 3 is 2.50 bits per heavy atom. The molecule has 0 aromatic heterocycles. The van der Waals surface area contributed by atoms with E-state index in [4.69, 9.17) is 26.4 Å². The molecule has 1 amide bonds. The van der Waals surface area contributed by atoms with Crippen LogP contribution < -0.4 is 24.4 Å². The van der Waals surface area contributed by atoms with Crippen LogP contribution >= 0.6 is 12.2 Å². The van der Waals surface area contributed by atoms with Crippen LogP contribution in [0.15, 0.2) is 72.4 Å². The van der Waals surface area contributed by atoms with E-state index in [0.717, 1.165) is 5.75 Å². The Balaban J connectivity index is 1.51. The molecule has 34 heavy (non-hydrogen) atoms. The summed E-state index contributed by atoms with van der Waals surface area (Å²) < 4.78 is 30.5. The summed E-state index contributed by atoms with van der Waals surface area (Å²) in [6.07, 6.45) is 1.69. The summed E-state index contributed by atoms with van der Waals surface area (Å²) in [6, 6.07) is 18.8. The molecule has 1 N–H and O–H groups in total. The molecule has 1 aliphatic heterocycles. The van der Waals surface area contributed by atoms with Crippen LogP contribution in [0.1, 0.15) is 18.1 Å². The predicted molar refractivity (Wildman–Crippen MR) is 133 cm³/mol. The van der Waals surface area contributed by atoms with Crippen LogP contribution in [-0.4, -0.2) is 24.7 Å². The SMILES string of the molecule is CCOc1ccc(N2C(=O)/C(=C/c3ccc(OCc4ccccc4F)c(OC)c3)NC2=S)cc1. The second-order valence-corrected chi connectivity index (χ2v) is 7.73. The van der Waals surface area contributed by atoms with Crippen molar-refractivity contribution in [3.8, 4) is 17.2 Å². The fourth-order valence-corrected chi connectivity index (χ4v) is 3.76. The number of hydrogen-bond acceptors (Lipinski definition) is 5. The van der Waals surface area contributed by atoms with Gasteiger partial charge in [0.1, 0.15) is 23.9 Å². The van der Waals surface area contributed by atoms with Crippen LogP contribution in [-0.2, 0) is 11.4 Å². The van der Waals surface area contributed by atoms with Crippen LogP contribution in [0.4, 0.5) is 10.1 Å². The number of ether oxygens (including phenoxy) is 3. The van der Waals surface area contributed by atoms with Crippen molar-refractivity contribution < 1.29 is 23.4 Å². The van der Waals surface area contributed by atoms with Crippen molar-refractivity contribution in [3.63, 3.8) is 0 Å². The number of thiocarbonyl (C=S) groups is 1. The van der Waals surface area contributed by atoms with Gasteiger partial charge >= 0.3 is 0 Å². The van der Waals surface area contributed by atoms with Gasteiger partial charge in [0.05, 0.1) is 19.4 Å². The van der Waals surface area contributed by atoms with Crippen molar-refractivity contribution >= 4 is 35.0 Å². The third-order valence-corrected chi connectivity index (χ3v) is 5.41. The Hall–Kier alpha value is -3.91. The maximum absolute atomic E-state index is 13.9. The molecule has 0 unspecified atom stereocenters. The van der Waals surface area contributed by atoms with E-state index in [-0.39, 0.29) is 23.4 Å². The van der Waals surface area contributed by atoms with Gasteiger partial charge in [-0.2, -0.15) is 0 Å². The maximum Gasteiger partial charge on any atom is 0.281 e. The normalized spacial score (nSPS) is 14.3. The fraction of sp³-hybridized carbons (Fsp3) is 0.154. The number of rotatable bonds is 8. The van der Waals surface area contributed by atoms with E-state index in [9.17, 15) is 9.18 Å². The quantitative estimate of drug-likeness (QED) is 0.360. The first kappa shape index (κ1) is 23.3. The lowest BCUT2D eigenvalue weighted by Crippen LogP contribution is -2.30. The molecule has 3 aromatic rings. The minimum Gasteiger partial charge on any atom is -0.494 e. The predicted octanol–water partition coefficient (Wildman–Crippen LogP) is 5.07. The number of carbonyl (C=O) groups is 1. The molecule has 1 fully saturated rings. The van der Waals surface area contributed by atoms with Crippen LogP contribution in [0.3, 0.4) is 0 Å². The third kappa shape index (κ3) is 5.02. The number of methoxy groups -OCH3 is 1. The Bertz CT molecular complexity index is 1240. The largest absolute Gasteiger partial charge is 0.494 e. The number of carbonyl (C=O) groups excluding carboxylic acids is 1. The second kappa shape index (κ2) is 10.4. The zero-order chi connectivity index (χ0) is 24.1. The van der Waals surface area contributed by atoms with Crippen molar-refractivity contribution in [2.75, 3.05) is 18.6 Å². The zero-order valence-electron chi connectivity index (χ0n) is 18.7. The van der Waals surface area contributed by atoms with Crippen LogP contribution in [0.2, 0.25) is 0 Å². The van der Waals surface area contributed by atoms with E-state index in [2.05, 4.69) is 5.32 Å². The van der Waals surface area contributed by atoms with E-state index < -0.39 is 0 Å². The van der Waals surface area contributed by atoms with E-state index in [1.807, 2.05) is 6.92 Å². The Labute approximate surface area is 202 Å². The van der Waals surface area contributed by atoms with Crippen molar-refractivity contribution in [1.29, 1.82) is 0 Å². The molecular weight excluding hydrogens is 455 g/mol. The zero-order valence-corrected chi connectivity index (χ0v) is 19.5. The Morgan fingerprint density at radius 2 is 1.79 bits per heavy atom. The molecule has 0 atom stereocenters. The van der Waals surface area contributed by atoms with Gasteiger partial charge in [-0.3, -0.25) is 9.69 Å². The number of amides is 1. The van der Waals surface area contributed by atoms with Gasteiger partial charge in [-0.1, -0.05) is 24.3 Å². The maximum atomic E-state index is 13.9. The molecule has 8 heteroatoms. The molecule has 6 nitrogen and oxygen atoms in total. The van der Waals surface area contributed by atoms with Crippen LogP contribution in [0.25, 0.3) is 6.08 Å². The number of halogens is 1. The van der Waals surface area contributed by atoms with E-state index in [0.29, 0.717) is 40.6 Å². The monoisotopic (exact) mass is 478 g/mol. The number of nitrogens with zero attached hydrogens (tertiary/aromatic N) is 1. The summed E-state index contributed by atoms with van der Waals surface area (Å²) in [5.74, 6) is 1.04. The van der Waals surface area contributed by atoms with Crippen molar-refractivity contribution in [3.05, 3.63) is 89.4 Å². The van der Waals surface area contributed by atoms with Crippen molar-refractivity contribution in [2.45, 2.75) is 13.5 Å². The topological polar surface area (TPSA) is 60.0 Å². The number of nitrogens with one attached hydrogen (secondary N) is 1. The minimum absolute atomic E-state index is 0.0643. The van der Waals surface area contributed by atoms with Gasteiger partial charge in [0.25, 0.3) is 5.91 Å². The molecule has 0 bridgehead atoms. The van der Waals surface area contributed by atoms with Gasteiger partial charge in [0.2, 0.25) is 0 Å². The third-order valence-electron chi connectivity index (χ3n) is 5.12.